The van der Waals surface area contributed by atoms with E-state index in [4.69, 9.17) is 5.84 Å². The lowest BCUT2D eigenvalue weighted by Gasteiger charge is -2.13. The van der Waals surface area contributed by atoms with Crippen LogP contribution in [0.5, 0.6) is 0 Å². The molecule has 1 aromatic rings. The second kappa shape index (κ2) is 8.01. The molecule has 1 aromatic heterocycles. The van der Waals surface area contributed by atoms with E-state index in [1.165, 1.54) is 5.01 Å². The monoisotopic (exact) mass is 216 g/mol. The second-order valence-electron chi connectivity index (χ2n) is 2.65. The molecular weight excluding hydrogens is 196 g/mol. The highest BCUT2D eigenvalue weighted by atomic mass is 16.1. The Labute approximate surface area is 89.0 Å². The van der Waals surface area contributed by atoms with E-state index >= 15 is 0 Å². The Balaban J connectivity index is 0.000000921. The predicted octanol–water partition coefficient (Wildman–Crippen LogP) is -0.586. The van der Waals surface area contributed by atoms with Crippen LogP contribution in [0.1, 0.15) is 20.3 Å². The molecule has 5 N–H and O–H groups in total. The van der Waals surface area contributed by atoms with Gasteiger partial charge in [0.25, 0.3) is 0 Å². The first-order valence-electron chi connectivity index (χ1n) is 5.05. The number of rotatable bonds is 5. The van der Waals surface area contributed by atoms with Crippen molar-refractivity contribution in [1.29, 1.82) is 0 Å². The molecule has 88 valence electrons. The summed E-state index contributed by atoms with van der Waals surface area (Å²) in [5, 5.41) is 10.3. The van der Waals surface area contributed by atoms with Gasteiger partial charge in [0, 0.05) is 6.54 Å². The summed E-state index contributed by atoms with van der Waals surface area (Å²) < 4.78 is 0. The van der Waals surface area contributed by atoms with Crippen molar-refractivity contribution in [3.8, 4) is 0 Å². The number of nitrogens with one attached hydrogen (secondary N) is 3. The van der Waals surface area contributed by atoms with E-state index in [9.17, 15) is 4.79 Å². The molecule has 0 fully saturated rings. The van der Waals surface area contributed by atoms with Crippen molar-refractivity contribution < 1.29 is 0 Å². The summed E-state index contributed by atoms with van der Waals surface area (Å²) in [7, 11) is 1.87. The maximum atomic E-state index is 10.7. The molecule has 0 aliphatic rings. The zero-order chi connectivity index (χ0) is 11.7. The highest BCUT2D eigenvalue weighted by Crippen LogP contribution is 1.96. The van der Waals surface area contributed by atoms with Crippen LogP contribution in [0.25, 0.3) is 0 Å². The summed E-state index contributed by atoms with van der Waals surface area (Å²) >= 11 is 0. The second-order valence-corrected chi connectivity index (χ2v) is 2.65. The van der Waals surface area contributed by atoms with Crippen molar-refractivity contribution in [1.82, 2.24) is 20.5 Å². The Morgan fingerprint density at radius 3 is 2.67 bits per heavy atom. The molecule has 7 nitrogen and oxygen atoms in total. The molecule has 1 heterocycles. The Morgan fingerprint density at radius 1 is 1.53 bits per heavy atom. The van der Waals surface area contributed by atoms with Gasteiger partial charge in [-0.3, -0.25) is 9.99 Å². The Morgan fingerprint density at radius 2 is 2.20 bits per heavy atom. The van der Waals surface area contributed by atoms with Crippen molar-refractivity contribution in [2.24, 2.45) is 5.84 Å². The highest BCUT2D eigenvalue weighted by molar-refractivity contribution is 5.23. The third-order valence-corrected chi connectivity index (χ3v) is 1.59. The van der Waals surface area contributed by atoms with Gasteiger partial charge in [-0.05, 0) is 20.0 Å². The van der Waals surface area contributed by atoms with Crippen LogP contribution in [0.4, 0.5) is 5.95 Å². The summed E-state index contributed by atoms with van der Waals surface area (Å²) in [5.41, 5.74) is -0.348. The zero-order valence-corrected chi connectivity index (χ0v) is 9.50. The quantitative estimate of drug-likeness (QED) is 0.299. The third kappa shape index (κ3) is 5.18. The molecular formula is C8H20N6O. The largest absolute Gasteiger partial charge is 0.342 e. The number of H-pyrrole nitrogens is 2. The third-order valence-electron chi connectivity index (χ3n) is 1.59. The van der Waals surface area contributed by atoms with Crippen LogP contribution in [-0.4, -0.2) is 35.3 Å². The van der Waals surface area contributed by atoms with Gasteiger partial charge >= 0.3 is 5.69 Å². The van der Waals surface area contributed by atoms with Gasteiger partial charge in [0.1, 0.15) is 0 Å². The van der Waals surface area contributed by atoms with Crippen molar-refractivity contribution in [2.45, 2.75) is 20.3 Å². The minimum Gasteiger partial charge on any atom is -0.320 e. The van der Waals surface area contributed by atoms with E-state index in [1.807, 2.05) is 20.9 Å². The van der Waals surface area contributed by atoms with Crippen molar-refractivity contribution >= 4 is 5.95 Å². The maximum absolute atomic E-state index is 10.7. The summed E-state index contributed by atoms with van der Waals surface area (Å²) in [5.74, 6) is 5.96. The van der Waals surface area contributed by atoms with Crippen molar-refractivity contribution in [3.63, 3.8) is 0 Å². The predicted molar refractivity (Wildman–Crippen MR) is 60.6 cm³/mol. The molecule has 0 saturated carbocycles. The molecule has 0 aromatic carbocycles. The molecule has 0 atom stereocenters. The number of aromatic nitrogens is 3. The van der Waals surface area contributed by atoms with Crippen molar-refractivity contribution in [3.05, 3.63) is 10.5 Å². The molecule has 0 aliphatic heterocycles. The number of hydrogen-bond donors (Lipinski definition) is 4. The summed E-state index contributed by atoms with van der Waals surface area (Å²) in [6, 6.07) is 0. The number of anilines is 1. The van der Waals surface area contributed by atoms with Gasteiger partial charge in [-0.15, -0.1) is 5.10 Å². The molecule has 0 radical (unpaired) electrons. The van der Waals surface area contributed by atoms with Gasteiger partial charge in [-0.1, -0.05) is 13.8 Å². The van der Waals surface area contributed by atoms with Gasteiger partial charge in [0.2, 0.25) is 5.95 Å². The molecule has 0 unspecified atom stereocenters. The lowest BCUT2D eigenvalue weighted by atomic mass is 10.4. The standard InChI is InChI=1S/C6H14N6O.C2H6/c1-8-3-2-4-12(7)5-9-6(13)11-10-5;1-2/h8H,2-4,7H2,1H3,(H2,9,10,11,13);1-2H3. The van der Waals surface area contributed by atoms with Crippen LogP contribution in [0.15, 0.2) is 4.79 Å². The summed E-state index contributed by atoms with van der Waals surface area (Å²) in [4.78, 5) is 13.1. The maximum Gasteiger partial charge on any atom is 0.342 e. The Hall–Kier alpha value is -1.34. The Bertz CT molecular complexity index is 293. The lowest BCUT2D eigenvalue weighted by Crippen LogP contribution is -2.34. The van der Waals surface area contributed by atoms with Gasteiger partial charge in [-0.2, -0.15) is 0 Å². The Kier molecular flexibility index (Phi) is 7.29. The lowest BCUT2D eigenvalue weighted by molar-refractivity contribution is 0.686. The van der Waals surface area contributed by atoms with Gasteiger partial charge < -0.3 is 5.32 Å². The highest BCUT2D eigenvalue weighted by Gasteiger charge is 2.03. The van der Waals surface area contributed by atoms with Crippen LogP contribution in [-0.2, 0) is 0 Å². The topological polar surface area (TPSA) is 103 Å². The minimum absolute atomic E-state index is 0.348. The fraction of sp³-hybridized carbons (Fsp3) is 0.750. The van der Waals surface area contributed by atoms with E-state index in [-0.39, 0.29) is 5.69 Å². The van der Waals surface area contributed by atoms with Gasteiger partial charge in [-0.25, -0.2) is 15.7 Å². The normalized spacial score (nSPS) is 9.33. The van der Waals surface area contributed by atoms with Crippen LogP contribution in [0.2, 0.25) is 0 Å². The van der Waals surface area contributed by atoms with Crippen LogP contribution >= 0.6 is 0 Å². The van der Waals surface area contributed by atoms with Crippen molar-refractivity contribution in [2.75, 3.05) is 25.1 Å². The molecule has 7 heteroatoms. The average molecular weight is 216 g/mol. The van der Waals surface area contributed by atoms with Gasteiger partial charge in [0.05, 0.1) is 0 Å². The smallest absolute Gasteiger partial charge is 0.320 e. The fourth-order valence-electron chi connectivity index (χ4n) is 0.929. The SMILES string of the molecule is CC.CNCCCN(N)c1n[nH]c(=O)[nH]1. The van der Waals surface area contributed by atoms with Gasteiger partial charge in [0.15, 0.2) is 0 Å². The molecule has 0 bridgehead atoms. The fourth-order valence-corrected chi connectivity index (χ4v) is 0.929. The van der Waals surface area contributed by atoms with E-state index < -0.39 is 0 Å². The summed E-state index contributed by atoms with van der Waals surface area (Å²) in [6.07, 6.45) is 0.891. The van der Waals surface area contributed by atoms with E-state index in [1.54, 1.807) is 0 Å². The van der Waals surface area contributed by atoms with E-state index in [2.05, 4.69) is 20.5 Å². The number of nitrogens with zero attached hydrogens (tertiary/aromatic N) is 2. The number of hydrazine groups is 1. The van der Waals surface area contributed by atoms with Crippen LogP contribution in [0.3, 0.4) is 0 Å². The number of hydrogen-bond acceptors (Lipinski definition) is 5. The number of nitrogens with two attached hydrogens (primary N) is 1. The number of aromatic amines is 2. The first-order valence-corrected chi connectivity index (χ1v) is 5.05. The molecule has 0 amide bonds. The first kappa shape index (κ1) is 13.7. The average Bonchev–Trinajstić information content (AvgIpc) is 2.68. The van der Waals surface area contributed by atoms with Crippen LogP contribution < -0.4 is 21.9 Å². The zero-order valence-electron chi connectivity index (χ0n) is 9.50. The molecule has 0 saturated heterocycles. The minimum atomic E-state index is -0.348. The van der Waals surface area contributed by atoms with E-state index in [0.29, 0.717) is 12.5 Å². The molecule has 1 rings (SSSR count). The molecule has 0 spiro atoms. The molecule has 0 aliphatic carbocycles. The van der Waals surface area contributed by atoms with E-state index in [0.717, 1.165) is 13.0 Å². The summed E-state index contributed by atoms with van der Waals surface area (Å²) in [6.45, 7) is 5.52. The molecule has 15 heavy (non-hydrogen) atoms. The first-order chi connectivity index (χ1) is 7.24. The van der Waals surface area contributed by atoms with Crippen LogP contribution in [0, 0.1) is 0 Å².